The average molecular weight is 402 g/mol. The molecule has 1 saturated carbocycles. The molecule has 4 nitrogen and oxygen atoms in total. The van der Waals surface area contributed by atoms with Crippen molar-refractivity contribution >= 4 is 16.9 Å². The van der Waals surface area contributed by atoms with Gasteiger partial charge in [-0.25, -0.2) is 4.98 Å². The zero-order chi connectivity index (χ0) is 20.8. The number of hydrogen-bond donors (Lipinski definition) is 0. The quantitative estimate of drug-likeness (QED) is 0.597. The van der Waals surface area contributed by atoms with E-state index in [1.54, 1.807) is 0 Å². The monoisotopic (exact) mass is 401 g/mol. The van der Waals surface area contributed by atoms with Crippen molar-refractivity contribution in [3.8, 4) is 0 Å². The molecule has 1 aromatic heterocycles. The number of fused-ring (bicyclic) bond motifs is 1. The van der Waals surface area contributed by atoms with Crippen LogP contribution in [0.15, 0.2) is 36.4 Å². The third-order valence-electron chi connectivity index (χ3n) is 7.13. The van der Waals surface area contributed by atoms with E-state index < -0.39 is 0 Å². The topological polar surface area (TPSA) is 38.1 Å². The summed E-state index contributed by atoms with van der Waals surface area (Å²) in [5.74, 6) is 1.56. The van der Waals surface area contributed by atoms with Crippen LogP contribution in [0.3, 0.4) is 0 Å². The molecule has 0 N–H and O–H groups in total. The van der Waals surface area contributed by atoms with Gasteiger partial charge in [-0.2, -0.15) is 0 Å². The lowest BCUT2D eigenvalue weighted by atomic mass is 9.99. The molecule has 1 aliphatic heterocycles. The summed E-state index contributed by atoms with van der Waals surface area (Å²) in [6.07, 6.45) is 5.42. The number of aryl methyl sites for hydroxylation is 3. The normalized spacial score (nSPS) is 20.0. The van der Waals surface area contributed by atoms with Gasteiger partial charge >= 0.3 is 0 Å². The van der Waals surface area contributed by atoms with Crippen molar-refractivity contribution in [1.82, 2.24) is 14.5 Å². The number of hydrogen-bond acceptors (Lipinski definition) is 2. The maximum absolute atomic E-state index is 12.9. The van der Waals surface area contributed by atoms with Gasteiger partial charge in [0.1, 0.15) is 5.82 Å². The predicted octanol–water partition coefficient (Wildman–Crippen LogP) is 5.27. The van der Waals surface area contributed by atoms with Crippen molar-refractivity contribution in [2.45, 2.75) is 71.4 Å². The number of rotatable bonds is 4. The first-order chi connectivity index (χ1) is 14.5. The molecule has 4 heteroatoms. The second kappa shape index (κ2) is 7.57. The fraction of sp³-hybridized carbons (Fsp3) is 0.462. The molecule has 1 unspecified atom stereocenters. The van der Waals surface area contributed by atoms with Gasteiger partial charge in [-0.15, -0.1) is 0 Å². The van der Waals surface area contributed by atoms with Crippen LogP contribution in [0.5, 0.6) is 0 Å². The Balaban J connectivity index is 1.54. The molecule has 2 aliphatic rings. The van der Waals surface area contributed by atoms with Crippen molar-refractivity contribution in [2.75, 3.05) is 6.54 Å². The molecule has 1 amide bonds. The lowest BCUT2D eigenvalue weighted by molar-refractivity contribution is -0.129. The Bertz CT molecular complexity index is 1080. The summed E-state index contributed by atoms with van der Waals surface area (Å²) < 4.78 is 2.37. The van der Waals surface area contributed by atoms with Crippen LogP contribution in [-0.2, 0) is 11.3 Å². The van der Waals surface area contributed by atoms with E-state index in [1.807, 2.05) is 0 Å². The Labute approximate surface area is 178 Å². The Morgan fingerprint density at radius 3 is 2.47 bits per heavy atom. The first kappa shape index (κ1) is 19.3. The molecule has 1 atom stereocenters. The van der Waals surface area contributed by atoms with E-state index in [1.165, 1.54) is 40.6 Å². The van der Waals surface area contributed by atoms with Crippen LogP contribution in [-0.4, -0.2) is 32.9 Å². The lowest BCUT2D eigenvalue weighted by Gasteiger charge is -2.24. The third-order valence-corrected chi connectivity index (χ3v) is 7.13. The highest BCUT2D eigenvalue weighted by Crippen LogP contribution is 2.35. The van der Waals surface area contributed by atoms with Crippen LogP contribution in [0.2, 0.25) is 0 Å². The summed E-state index contributed by atoms with van der Waals surface area (Å²) >= 11 is 0. The molecule has 2 fully saturated rings. The van der Waals surface area contributed by atoms with Crippen molar-refractivity contribution in [3.63, 3.8) is 0 Å². The molecule has 5 rings (SSSR count). The SMILES string of the molecule is Cc1cc(C)c(Cn2c(C3CC(=O)N(C4CCCC4)C3)nc3ccccc32)c(C)c1. The number of imidazole rings is 1. The van der Waals surface area contributed by atoms with Crippen molar-refractivity contribution in [2.24, 2.45) is 0 Å². The smallest absolute Gasteiger partial charge is 0.223 e. The number of benzene rings is 2. The third kappa shape index (κ3) is 3.32. The van der Waals surface area contributed by atoms with Crippen LogP contribution >= 0.6 is 0 Å². The molecule has 0 radical (unpaired) electrons. The highest BCUT2D eigenvalue weighted by molar-refractivity contribution is 5.81. The molecule has 1 aliphatic carbocycles. The number of para-hydroxylation sites is 2. The van der Waals surface area contributed by atoms with Gasteiger partial charge < -0.3 is 9.47 Å². The fourth-order valence-electron chi connectivity index (χ4n) is 5.66. The summed E-state index contributed by atoms with van der Waals surface area (Å²) in [5, 5.41) is 0. The molecule has 1 saturated heterocycles. The van der Waals surface area contributed by atoms with Crippen molar-refractivity contribution < 1.29 is 4.79 Å². The number of likely N-dealkylation sites (tertiary alicyclic amines) is 1. The van der Waals surface area contributed by atoms with E-state index in [-0.39, 0.29) is 5.92 Å². The first-order valence-electron chi connectivity index (χ1n) is 11.3. The number of carbonyl (C=O) groups is 1. The summed E-state index contributed by atoms with van der Waals surface area (Å²) in [6, 6.07) is 13.4. The fourth-order valence-corrected chi connectivity index (χ4v) is 5.66. The van der Waals surface area contributed by atoms with E-state index >= 15 is 0 Å². The van der Waals surface area contributed by atoms with Crippen LogP contribution in [0, 0.1) is 20.8 Å². The minimum absolute atomic E-state index is 0.177. The molecule has 2 aromatic carbocycles. The molecule has 2 heterocycles. The summed E-state index contributed by atoms with van der Waals surface area (Å²) in [4.78, 5) is 20.1. The lowest BCUT2D eigenvalue weighted by Crippen LogP contribution is -2.34. The largest absolute Gasteiger partial charge is 0.339 e. The minimum atomic E-state index is 0.177. The van der Waals surface area contributed by atoms with Gasteiger partial charge in [0.2, 0.25) is 5.91 Å². The second-order valence-corrected chi connectivity index (χ2v) is 9.31. The van der Waals surface area contributed by atoms with Gasteiger partial charge in [0.15, 0.2) is 0 Å². The second-order valence-electron chi connectivity index (χ2n) is 9.31. The highest BCUT2D eigenvalue weighted by atomic mass is 16.2. The number of nitrogens with zero attached hydrogens (tertiary/aromatic N) is 3. The van der Waals surface area contributed by atoms with Gasteiger partial charge in [-0.1, -0.05) is 42.7 Å². The summed E-state index contributed by atoms with van der Waals surface area (Å²) in [7, 11) is 0. The summed E-state index contributed by atoms with van der Waals surface area (Å²) in [6.45, 7) is 8.19. The van der Waals surface area contributed by atoms with E-state index in [0.717, 1.165) is 37.3 Å². The molecule has 3 aromatic rings. The molecular formula is C26H31N3O. The highest BCUT2D eigenvalue weighted by Gasteiger charge is 2.38. The van der Waals surface area contributed by atoms with E-state index in [2.05, 4.69) is 66.6 Å². The van der Waals surface area contributed by atoms with Gasteiger partial charge in [0.25, 0.3) is 0 Å². The molecule has 30 heavy (non-hydrogen) atoms. The van der Waals surface area contributed by atoms with Crippen LogP contribution in [0.1, 0.15) is 66.1 Å². The van der Waals surface area contributed by atoms with Gasteiger partial charge in [0.05, 0.1) is 11.0 Å². The maximum Gasteiger partial charge on any atom is 0.223 e. The molecular weight excluding hydrogens is 370 g/mol. The van der Waals surface area contributed by atoms with Crippen LogP contribution in [0.25, 0.3) is 11.0 Å². The maximum atomic E-state index is 12.9. The standard InChI is InChI=1S/C26H31N3O/c1-17-12-18(2)22(19(3)13-17)16-29-24-11-7-6-10-23(24)27-26(29)20-14-25(30)28(15-20)21-8-4-5-9-21/h6-7,10-13,20-21H,4-5,8-9,14-16H2,1-3H3. The number of carbonyl (C=O) groups excluding carboxylic acids is 1. The average Bonchev–Trinajstić information content (AvgIpc) is 3.43. The molecule has 0 bridgehead atoms. The van der Waals surface area contributed by atoms with Gasteiger partial charge in [-0.3, -0.25) is 4.79 Å². The van der Waals surface area contributed by atoms with Crippen LogP contribution in [0.4, 0.5) is 0 Å². The van der Waals surface area contributed by atoms with Gasteiger partial charge in [0, 0.05) is 31.5 Å². The van der Waals surface area contributed by atoms with Crippen LogP contribution < -0.4 is 0 Å². The number of aromatic nitrogens is 2. The Kier molecular flexibility index (Phi) is 4.88. The number of amides is 1. The Hall–Kier alpha value is -2.62. The zero-order valence-corrected chi connectivity index (χ0v) is 18.3. The van der Waals surface area contributed by atoms with E-state index in [4.69, 9.17) is 4.98 Å². The predicted molar refractivity (Wildman–Crippen MR) is 121 cm³/mol. The van der Waals surface area contributed by atoms with Crippen molar-refractivity contribution in [3.05, 3.63) is 64.5 Å². The Morgan fingerprint density at radius 1 is 1.03 bits per heavy atom. The molecule has 0 spiro atoms. The van der Waals surface area contributed by atoms with E-state index in [9.17, 15) is 4.79 Å². The van der Waals surface area contributed by atoms with E-state index in [0.29, 0.717) is 18.4 Å². The first-order valence-corrected chi connectivity index (χ1v) is 11.3. The zero-order valence-electron chi connectivity index (χ0n) is 18.3. The molecule has 156 valence electrons. The summed E-state index contributed by atoms with van der Waals surface area (Å²) in [5.41, 5.74) is 7.51. The van der Waals surface area contributed by atoms with Crippen molar-refractivity contribution in [1.29, 1.82) is 0 Å². The Morgan fingerprint density at radius 2 is 1.73 bits per heavy atom. The minimum Gasteiger partial charge on any atom is -0.339 e. The van der Waals surface area contributed by atoms with Gasteiger partial charge in [-0.05, 0) is 62.4 Å².